The third kappa shape index (κ3) is 3.00. The van der Waals surface area contributed by atoms with Crippen LogP contribution in [0.15, 0.2) is 22.5 Å². The lowest BCUT2D eigenvalue weighted by atomic mass is 9.78. The average molecular weight is 294 g/mol. The first kappa shape index (κ1) is 13.5. The fraction of sp³-hybridized carbons (Fsp3) is 0.667. The quantitative estimate of drug-likeness (QED) is 0.871. The lowest BCUT2D eigenvalue weighted by Gasteiger charge is -2.35. The van der Waals surface area contributed by atoms with Crippen molar-refractivity contribution in [1.29, 1.82) is 0 Å². The molecule has 1 aliphatic carbocycles. The van der Waals surface area contributed by atoms with Crippen LogP contribution >= 0.6 is 23.1 Å². The van der Waals surface area contributed by atoms with Crippen LogP contribution < -0.4 is 5.32 Å². The smallest absolute Gasteiger partial charge is 0.157 e. The third-order valence-electron chi connectivity index (χ3n) is 4.35. The molecule has 0 radical (unpaired) electrons. The van der Waals surface area contributed by atoms with Gasteiger partial charge in [-0.05, 0) is 50.0 Å². The van der Waals surface area contributed by atoms with Gasteiger partial charge in [0.25, 0.3) is 0 Å². The number of nitrogens with one attached hydrogen (secondary N) is 1. The Hall–Kier alpha value is -0.480. The molecule has 0 bridgehead atoms. The molecule has 1 saturated heterocycles. The minimum absolute atomic E-state index is 0.285. The molecule has 2 nitrogen and oxygen atoms in total. The van der Waals surface area contributed by atoms with Crippen LogP contribution in [0.2, 0.25) is 0 Å². The summed E-state index contributed by atoms with van der Waals surface area (Å²) in [7, 11) is 0. The van der Waals surface area contributed by atoms with Gasteiger partial charge in [0.15, 0.2) is 5.17 Å². The van der Waals surface area contributed by atoms with E-state index in [1.807, 2.05) is 11.8 Å². The first-order valence-electron chi connectivity index (χ1n) is 7.19. The van der Waals surface area contributed by atoms with Gasteiger partial charge < -0.3 is 5.32 Å². The molecule has 19 heavy (non-hydrogen) atoms. The van der Waals surface area contributed by atoms with E-state index in [1.54, 1.807) is 11.3 Å². The third-order valence-corrected chi connectivity index (χ3v) is 6.57. The molecule has 1 aromatic heterocycles. The molecular formula is C15H22N2S2. The molecule has 2 fully saturated rings. The predicted molar refractivity (Wildman–Crippen MR) is 86.1 cm³/mol. The second-order valence-electron chi connectivity index (χ2n) is 6.00. The number of hydrogen-bond acceptors (Lipinski definition) is 3. The summed E-state index contributed by atoms with van der Waals surface area (Å²) in [5.41, 5.74) is 0.352. The van der Waals surface area contributed by atoms with Gasteiger partial charge in [0.05, 0.1) is 6.04 Å². The van der Waals surface area contributed by atoms with Crippen LogP contribution in [0, 0.1) is 5.92 Å². The predicted octanol–water partition coefficient (Wildman–Crippen LogP) is 4.45. The summed E-state index contributed by atoms with van der Waals surface area (Å²) >= 11 is 3.72. The zero-order valence-electron chi connectivity index (χ0n) is 11.7. The number of thioether (sulfide) groups is 1. The minimum Gasteiger partial charge on any atom is -0.359 e. The number of amidine groups is 1. The Kier molecular flexibility index (Phi) is 3.90. The normalized spacial score (nSPS) is 34.6. The Morgan fingerprint density at radius 1 is 1.42 bits per heavy atom. The van der Waals surface area contributed by atoms with Gasteiger partial charge in [-0.3, -0.25) is 4.99 Å². The standard InChI is InChI=1S/C15H22N2S2/c1-11-5-7-15(8-6-11)10-19-14(17-15)16-12(2)13-4-3-9-18-13/h3-4,9,11-12H,5-8,10H2,1-2H3,(H,16,17). The molecule has 2 heterocycles. The second-order valence-corrected chi connectivity index (χ2v) is 7.95. The van der Waals surface area contributed by atoms with Crippen LogP contribution in [-0.4, -0.2) is 16.5 Å². The van der Waals surface area contributed by atoms with E-state index in [9.17, 15) is 0 Å². The highest BCUT2D eigenvalue weighted by Gasteiger charge is 2.39. The summed E-state index contributed by atoms with van der Waals surface area (Å²) < 4.78 is 0. The number of hydrogen-bond donors (Lipinski definition) is 1. The topological polar surface area (TPSA) is 24.4 Å². The highest BCUT2D eigenvalue weighted by molar-refractivity contribution is 8.14. The van der Waals surface area contributed by atoms with Crippen molar-refractivity contribution in [3.05, 3.63) is 22.4 Å². The number of aliphatic imine (C=N–C) groups is 1. The lowest BCUT2D eigenvalue weighted by Crippen LogP contribution is -2.46. The SMILES string of the molecule is CC1CCC2(CC1)CSC(=NC(C)c1cccs1)N2. The molecule has 2 aliphatic rings. The molecule has 1 N–H and O–H groups in total. The molecule has 1 aromatic rings. The van der Waals surface area contributed by atoms with Crippen LogP contribution in [0.5, 0.6) is 0 Å². The monoisotopic (exact) mass is 294 g/mol. The van der Waals surface area contributed by atoms with Crippen molar-refractivity contribution in [3.63, 3.8) is 0 Å². The second kappa shape index (κ2) is 5.49. The van der Waals surface area contributed by atoms with Crippen LogP contribution in [0.4, 0.5) is 0 Å². The van der Waals surface area contributed by atoms with Crippen molar-refractivity contribution in [2.45, 2.75) is 51.1 Å². The summed E-state index contributed by atoms with van der Waals surface area (Å²) in [6.07, 6.45) is 5.35. The maximum atomic E-state index is 4.87. The summed E-state index contributed by atoms with van der Waals surface area (Å²) in [5.74, 6) is 2.11. The van der Waals surface area contributed by atoms with Gasteiger partial charge in [-0.15, -0.1) is 11.3 Å². The molecular weight excluding hydrogens is 272 g/mol. The summed E-state index contributed by atoms with van der Waals surface area (Å²) in [6, 6.07) is 4.57. The van der Waals surface area contributed by atoms with E-state index < -0.39 is 0 Å². The Labute approximate surface area is 124 Å². The highest BCUT2D eigenvalue weighted by Crippen LogP contribution is 2.39. The first-order chi connectivity index (χ1) is 9.17. The summed E-state index contributed by atoms with van der Waals surface area (Å²) in [6.45, 7) is 4.57. The lowest BCUT2D eigenvalue weighted by molar-refractivity contribution is 0.250. The molecule has 3 rings (SSSR count). The van der Waals surface area contributed by atoms with E-state index in [2.05, 4.69) is 36.7 Å². The van der Waals surface area contributed by atoms with Crippen LogP contribution in [-0.2, 0) is 0 Å². The maximum Gasteiger partial charge on any atom is 0.157 e. The fourth-order valence-corrected chi connectivity index (χ4v) is 4.94. The molecule has 1 unspecified atom stereocenters. The fourth-order valence-electron chi connectivity index (χ4n) is 2.93. The Bertz CT molecular complexity index is 445. The Balaban J connectivity index is 1.65. The van der Waals surface area contributed by atoms with Gasteiger partial charge in [-0.1, -0.05) is 24.8 Å². The van der Waals surface area contributed by atoms with Crippen LogP contribution in [0.3, 0.4) is 0 Å². The van der Waals surface area contributed by atoms with Gasteiger partial charge in [-0.25, -0.2) is 0 Å². The minimum atomic E-state index is 0.285. The van der Waals surface area contributed by atoms with Crippen LogP contribution in [0.25, 0.3) is 0 Å². The Morgan fingerprint density at radius 3 is 2.89 bits per heavy atom. The van der Waals surface area contributed by atoms with Gasteiger partial charge in [0.1, 0.15) is 0 Å². The van der Waals surface area contributed by atoms with Crippen molar-refractivity contribution in [1.82, 2.24) is 5.32 Å². The number of nitrogens with zero attached hydrogens (tertiary/aromatic N) is 1. The highest BCUT2D eigenvalue weighted by atomic mass is 32.2. The molecule has 4 heteroatoms. The summed E-state index contributed by atoms with van der Waals surface area (Å²) in [5, 5.41) is 7.03. The zero-order valence-corrected chi connectivity index (χ0v) is 13.3. The molecule has 1 atom stereocenters. The number of thiophene rings is 1. The van der Waals surface area contributed by atoms with Crippen molar-refractivity contribution >= 4 is 28.3 Å². The Morgan fingerprint density at radius 2 is 2.21 bits per heavy atom. The molecule has 1 spiro atoms. The maximum absolute atomic E-state index is 4.87. The molecule has 0 aromatic carbocycles. The van der Waals surface area contributed by atoms with E-state index in [1.165, 1.54) is 36.3 Å². The number of rotatable bonds is 2. The van der Waals surface area contributed by atoms with E-state index in [0.717, 1.165) is 11.1 Å². The van der Waals surface area contributed by atoms with Crippen molar-refractivity contribution in [3.8, 4) is 0 Å². The van der Waals surface area contributed by atoms with Gasteiger partial charge in [-0.2, -0.15) is 0 Å². The van der Waals surface area contributed by atoms with E-state index in [-0.39, 0.29) is 6.04 Å². The molecule has 1 aliphatic heterocycles. The van der Waals surface area contributed by atoms with Crippen molar-refractivity contribution < 1.29 is 0 Å². The van der Waals surface area contributed by atoms with Gasteiger partial charge in [0, 0.05) is 16.2 Å². The molecule has 1 saturated carbocycles. The molecule has 0 amide bonds. The summed E-state index contributed by atoms with van der Waals surface area (Å²) in [4.78, 5) is 6.22. The van der Waals surface area contributed by atoms with E-state index in [0.29, 0.717) is 5.54 Å². The van der Waals surface area contributed by atoms with Crippen molar-refractivity contribution in [2.75, 3.05) is 5.75 Å². The average Bonchev–Trinajstić information content (AvgIpc) is 3.04. The van der Waals surface area contributed by atoms with E-state index >= 15 is 0 Å². The van der Waals surface area contributed by atoms with Gasteiger partial charge in [0.2, 0.25) is 0 Å². The zero-order chi connectivity index (χ0) is 13.3. The molecule has 104 valence electrons. The van der Waals surface area contributed by atoms with Crippen molar-refractivity contribution in [2.24, 2.45) is 10.9 Å². The van der Waals surface area contributed by atoms with Gasteiger partial charge >= 0.3 is 0 Å². The first-order valence-corrected chi connectivity index (χ1v) is 9.06. The largest absolute Gasteiger partial charge is 0.359 e. The van der Waals surface area contributed by atoms with E-state index in [4.69, 9.17) is 4.99 Å². The van der Waals surface area contributed by atoms with Crippen LogP contribution in [0.1, 0.15) is 50.4 Å².